The second-order valence-electron chi connectivity index (χ2n) is 6.91. The van der Waals surface area contributed by atoms with Gasteiger partial charge in [0.1, 0.15) is 18.1 Å². The van der Waals surface area contributed by atoms with E-state index in [-0.39, 0.29) is 18.2 Å². The van der Waals surface area contributed by atoms with Gasteiger partial charge in [0.2, 0.25) is 0 Å². The molecule has 7 nitrogen and oxygen atoms in total. The molecule has 0 saturated heterocycles. The Hall–Kier alpha value is -2.80. The maximum atomic E-state index is 13.1. The number of ether oxygens (including phenoxy) is 1. The highest BCUT2D eigenvalue weighted by Gasteiger charge is 2.25. The van der Waals surface area contributed by atoms with Crippen LogP contribution in [-0.2, 0) is 19.7 Å². The summed E-state index contributed by atoms with van der Waals surface area (Å²) in [6.07, 6.45) is 0. The second-order valence-corrected chi connectivity index (χ2v) is 7.32. The van der Waals surface area contributed by atoms with Gasteiger partial charge in [0.25, 0.3) is 5.91 Å². The van der Waals surface area contributed by atoms with Crippen molar-refractivity contribution in [3.63, 3.8) is 0 Å². The van der Waals surface area contributed by atoms with Gasteiger partial charge in [-0.15, -0.1) is 0 Å². The first-order chi connectivity index (χ1) is 13.8. The molecule has 0 unspecified atom stereocenters. The average Bonchev–Trinajstić information content (AvgIpc) is 3.20. The predicted octanol–water partition coefficient (Wildman–Crippen LogP) is 4.32. The molecular formula is C21H25ClN4O3. The lowest BCUT2D eigenvalue weighted by atomic mass is 10.1. The number of hydrogen-bond donors (Lipinski definition) is 0. The summed E-state index contributed by atoms with van der Waals surface area (Å²) in [5.74, 6) is 0.849. The first-order valence-electron chi connectivity index (χ1n) is 9.44. The topological polar surface area (TPSA) is 73.4 Å². The third-order valence-electron chi connectivity index (χ3n) is 4.97. The maximum Gasteiger partial charge on any atom is 0.276 e. The molecule has 2 heterocycles. The van der Waals surface area contributed by atoms with Gasteiger partial charge in [-0.05, 0) is 39.8 Å². The van der Waals surface area contributed by atoms with E-state index in [1.165, 1.54) is 0 Å². The molecule has 154 valence electrons. The predicted molar refractivity (Wildman–Crippen MR) is 110 cm³/mol. The van der Waals surface area contributed by atoms with Crippen LogP contribution < -0.4 is 4.74 Å². The van der Waals surface area contributed by atoms with Crippen LogP contribution in [0.15, 0.2) is 28.8 Å². The van der Waals surface area contributed by atoms with E-state index >= 15 is 0 Å². The van der Waals surface area contributed by atoms with E-state index in [2.05, 4.69) is 10.3 Å². The van der Waals surface area contributed by atoms with Gasteiger partial charge in [-0.2, -0.15) is 5.10 Å². The number of halogens is 1. The second kappa shape index (κ2) is 8.69. The van der Waals surface area contributed by atoms with Crippen LogP contribution in [0.3, 0.4) is 0 Å². The van der Waals surface area contributed by atoms with Gasteiger partial charge in [0.05, 0.1) is 16.3 Å². The van der Waals surface area contributed by atoms with Gasteiger partial charge in [-0.3, -0.25) is 9.48 Å². The number of aromatic nitrogens is 3. The number of carbonyl (C=O) groups excluding carboxylic acids is 1. The van der Waals surface area contributed by atoms with Crippen LogP contribution in [0.1, 0.15) is 45.7 Å². The smallest absolute Gasteiger partial charge is 0.276 e. The molecule has 0 aliphatic heterocycles. The summed E-state index contributed by atoms with van der Waals surface area (Å²) in [5, 5.41) is 9.00. The average molecular weight is 417 g/mol. The molecule has 0 radical (unpaired) electrons. The number of para-hydroxylation sites is 1. The summed E-state index contributed by atoms with van der Waals surface area (Å²) >= 11 is 6.14. The first-order valence-corrected chi connectivity index (χ1v) is 9.82. The molecule has 1 amide bonds. The van der Waals surface area contributed by atoms with Crippen LogP contribution >= 0.6 is 11.6 Å². The monoisotopic (exact) mass is 416 g/mol. The third kappa shape index (κ3) is 4.29. The molecule has 29 heavy (non-hydrogen) atoms. The molecule has 3 aromatic rings. The van der Waals surface area contributed by atoms with E-state index in [9.17, 15) is 4.79 Å². The standard InChI is InChI=1S/C21H25ClN4O3/c1-6-26-14(3)16(13(2)23-26)11-25(5)21(27)20-17(15(4)29-24-20)12-28-19-10-8-7-9-18(19)22/h7-10H,6,11-12H2,1-5H3. The van der Waals surface area contributed by atoms with E-state index in [4.69, 9.17) is 20.9 Å². The van der Waals surface area contributed by atoms with Crippen molar-refractivity contribution >= 4 is 17.5 Å². The Morgan fingerprint density at radius 3 is 2.62 bits per heavy atom. The van der Waals surface area contributed by atoms with Crippen molar-refractivity contribution in [2.75, 3.05) is 7.05 Å². The van der Waals surface area contributed by atoms with E-state index in [1.807, 2.05) is 37.6 Å². The van der Waals surface area contributed by atoms with Crippen molar-refractivity contribution in [3.8, 4) is 5.75 Å². The minimum absolute atomic E-state index is 0.139. The molecule has 0 spiro atoms. The van der Waals surface area contributed by atoms with Crippen molar-refractivity contribution in [1.82, 2.24) is 19.8 Å². The summed E-state index contributed by atoms with van der Waals surface area (Å²) < 4.78 is 13.0. The highest BCUT2D eigenvalue weighted by Crippen LogP contribution is 2.26. The van der Waals surface area contributed by atoms with Crippen molar-refractivity contribution in [1.29, 1.82) is 0 Å². The fraction of sp³-hybridized carbons (Fsp3) is 0.381. The zero-order valence-electron chi connectivity index (χ0n) is 17.3. The third-order valence-corrected chi connectivity index (χ3v) is 5.28. The molecule has 0 saturated carbocycles. The Morgan fingerprint density at radius 1 is 1.24 bits per heavy atom. The first kappa shape index (κ1) is 20.9. The van der Waals surface area contributed by atoms with Crippen LogP contribution in [-0.4, -0.2) is 32.8 Å². The fourth-order valence-electron chi connectivity index (χ4n) is 3.20. The molecule has 0 fully saturated rings. The lowest BCUT2D eigenvalue weighted by Crippen LogP contribution is -2.28. The molecule has 2 aromatic heterocycles. The van der Waals surface area contributed by atoms with Crippen molar-refractivity contribution in [2.24, 2.45) is 0 Å². The minimum atomic E-state index is -0.234. The zero-order valence-corrected chi connectivity index (χ0v) is 18.1. The van der Waals surface area contributed by atoms with Crippen LogP contribution in [0.5, 0.6) is 5.75 Å². The van der Waals surface area contributed by atoms with E-state index < -0.39 is 0 Å². The van der Waals surface area contributed by atoms with Gasteiger partial charge in [0.15, 0.2) is 5.69 Å². The van der Waals surface area contributed by atoms with E-state index in [1.54, 1.807) is 31.0 Å². The van der Waals surface area contributed by atoms with Gasteiger partial charge in [0, 0.05) is 31.4 Å². The van der Waals surface area contributed by atoms with Crippen molar-refractivity contribution < 1.29 is 14.1 Å². The Kier molecular flexibility index (Phi) is 6.27. The van der Waals surface area contributed by atoms with Gasteiger partial charge in [-0.25, -0.2) is 0 Å². The molecule has 0 atom stereocenters. The summed E-state index contributed by atoms with van der Waals surface area (Å²) in [7, 11) is 1.74. The molecule has 0 N–H and O–H groups in total. The van der Waals surface area contributed by atoms with Crippen LogP contribution in [0.2, 0.25) is 5.02 Å². The maximum absolute atomic E-state index is 13.1. The summed E-state index contributed by atoms with van der Waals surface area (Å²) in [5.41, 5.74) is 3.87. The molecule has 1 aromatic carbocycles. The Morgan fingerprint density at radius 2 is 1.97 bits per heavy atom. The molecule has 0 aliphatic carbocycles. The number of amides is 1. The Balaban J connectivity index is 1.78. The highest BCUT2D eigenvalue weighted by molar-refractivity contribution is 6.32. The number of hydrogen-bond acceptors (Lipinski definition) is 5. The zero-order chi connectivity index (χ0) is 21.1. The molecule has 0 bridgehead atoms. The summed E-state index contributed by atoms with van der Waals surface area (Å²) in [6.45, 7) is 9.13. The Labute approximate surface area is 175 Å². The SMILES string of the molecule is CCn1nc(C)c(CN(C)C(=O)c2noc(C)c2COc2ccccc2Cl)c1C. The number of carbonyl (C=O) groups is 1. The number of rotatable bonds is 7. The van der Waals surface area contributed by atoms with Crippen LogP contribution in [0, 0.1) is 20.8 Å². The van der Waals surface area contributed by atoms with E-state index in [0.29, 0.717) is 28.6 Å². The van der Waals surface area contributed by atoms with Gasteiger partial charge < -0.3 is 14.2 Å². The molecular weight excluding hydrogens is 392 g/mol. The van der Waals surface area contributed by atoms with E-state index in [0.717, 1.165) is 23.5 Å². The number of benzene rings is 1. The molecule has 3 rings (SSSR count). The molecule has 8 heteroatoms. The normalized spacial score (nSPS) is 11.0. The van der Waals surface area contributed by atoms with Crippen LogP contribution in [0.4, 0.5) is 0 Å². The van der Waals surface area contributed by atoms with Gasteiger partial charge in [-0.1, -0.05) is 28.9 Å². The summed E-state index contributed by atoms with van der Waals surface area (Å²) in [6, 6.07) is 7.19. The fourth-order valence-corrected chi connectivity index (χ4v) is 3.39. The lowest BCUT2D eigenvalue weighted by Gasteiger charge is -2.17. The number of nitrogens with zero attached hydrogens (tertiary/aromatic N) is 4. The number of aryl methyl sites for hydroxylation is 3. The molecule has 0 aliphatic rings. The lowest BCUT2D eigenvalue weighted by molar-refractivity contribution is 0.0772. The van der Waals surface area contributed by atoms with Crippen molar-refractivity contribution in [2.45, 2.75) is 47.4 Å². The largest absolute Gasteiger partial charge is 0.487 e. The van der Waals surface area contributed by atoms with Crippen LogP contribution in [0.25, 0.3) is 0 Å². The minimum Gasteiger partial charge on any atom is -0.487 e. The Bertz CT molecular complexity index is 1030. The highest BCUT2D eigenvalue weighted by atomic mass is 35.5. The van der Waals surface area contributed by atoms with Gasteiger partial charge >= 0.3 is 0 Å². The summed E-state index contributed by atoms with van der Waals surface area (Å²) in [4.78, 5) is 14.7. The quantitative estimate of drug-likeness (QED) is 0.573. The van der Waals surface area contributed by atoms with Crippen molar-refractivity contribution in [3.05, 3.63) is 63.3 Å².